The van der Waals surface area contributed by atoms with Crippen molar-refractivity contribution in [1.82, 2.24) is 0 Å². The van der Waals surface area contributed by atoms with Gasteiger partial charge in [-0.25, -0.2) is 0 Å². The number of hydrogen-bond acceptors (Lipinski definition) is 2. The first-order valence-electron chi connectivity index (χ1n) is 10.1. The summed E-state index contributed by atoms with van der Waals surface area (Å²) in [6, 6.07) is 11.4. The SMILES string of the molecule is C=CCOc1ccc(NC(=O)C2(c3ccc(C)cc3)CCCCC2)cc1C(F)(F)F. The molecule has 0 unspecified atom stereocenters. The third-order valence-corrected chi connectivity index (χ3v) is 5.65. The molecule has 0 aromatic heterocycles. The minimum Gasteiger partial charge on any atom is -0.489 e. The molecule has 0 spiro atoms. The average molecular weight is 417 g/mol. The van der Waals surface area contributed by atoms with Crippen LogP contribution in [0.5, 0.6) is 5.75 Å². The van der Waals surface area contributed by atoms with Crippen molar-refractivity contribution in [2.45, 2.75) is 50.6 Å². The molecule has 1 aliphatic rings. The molecule has 2 aromatic carbocycles. The Hall–Kier alpha value is -2.76. The van der Waals surface area contributed by atoms with Gasteiger partial charge in [0.25, 0.3) is 0 Å². The van der Waals surface area contributed by atoms with E-state index in [0.717, 1.165) is 36.5 Å². The summed E-state index contributed by atoms with van der Waals surface area (Å²) in [7, 11) is 0. The van der Waals surface area contributed by atoms with Crippen LogP contribution in [0.4, 0.5) is 18.9 Å². The standard InChI is InChI=1S/C24H26F3NO2/c1-3-15-30-21-12-11-19(16-20(21)24(25,26)27)28-22(29)23(13-5-4-6-14-23)18-9-7-17(2)8-10-18/h3,7-12,16H,1,4-6,13-15H2,2H3,(H,28,29). The van der Waals surface area contributed by atoms with Crippen LogP contribution >= 0.6 is 0 Å². The summed E-state index contributed by atoms with van der Waals surface area (Å²) in [4.78, 5) is 13.4. The van der Waals surface area contributed by atoms with E-state index in [9.17, 15) is 18.0 Å². The zero-order valence-electron chi connectivity index (χ0n) is 17.0. The molecule has 0 atom stereocenters. The van der Waals surface area contributed by atoms with Crippen LogP contribution in [0.15, 0.2) is 55.1 Å². The molecule has 3 rings (SSSR count). The minimum absolute atomic E-state index is 0.0364. The third-order valence-electron chi connectivity index (χ3n) is 5.65. The van der Waals surface area contributed by atoms with E-state index < -0.39 is 17.2 Å². The Kier molecular flexibility index (Phi) is 6.54. The lowest BCUT2D eigenvalue weighted by Gasteiger charge is -2.36. The molecule has 2 aromatic rings. The Morgan fingerprint density at radius 1 is 1.13 bits per heavy atom. The summed E-state index contributed by atoms with van der Waals surface area (Å²) in [5.74, 6) is -0.551. The van der Waals surface area contributed by atoms with Gasteiger partial charge in [0, 0.05) is 5.69 Å². The largest absolute Gasteiger partial charge is 0.489 e. The van der Waals surface area contributed by atoms with Crippen molar-refractivity contribution in [1.29, 1.82) is 0 Å². The van der Waals surface area contributed by atoms with Gasteiger partial charge in [-0.1, -0.05) is 61.7 Å². The molecule has 0 saturated heterocycles. The number of rotatable bonds is 6. The van der Waals surface area contributed by atoms with Crippen LogP contribution in [-0.4, -0.2) is 12.5 Å². The first-order chi connectivity index (χ1) is 14.3. The lowest BCUT2D eigenvalue weighted by molar-refractivity contribution is -0.138. The number of ether oxygens (including phenoxy) is 1. The van der Waals surface area contributed by atoms with E-state index >= 15 is 0 Å². The summed E-state index contributed by atoms with van der Waals surface area (Å²) < 4.78 is 45.7. The van der Waals surface area contributed by atoms with Gasteiger partial charge in [0.2, 0.25) is 5.91 Å². The Morgan fingerprint density at radius 3 is 2.40 bits per heavy atom. The zero-order valence-corrected chi connectivity index (χ0v) is 17.0. The molecule has 0 radical (unpaired) electrons. The normalized spacial score (nSPS) is 16.0. The van der Waals surface area contributed by atoms with Crippen molar-refractivity contribution in [2.75, 3.05) is 11.9 Å². The third kappa shape index (κ3) is 4.69. The highest BCUT2D eigenvalue weighted by Crippen LogP contribution is 2.42. The van der Waals surface area contributed by atoms with E-state index in [1.165, 1.54) is 18.2 Å². The van der Waals surface area contributed by atoms with Crippen molar-refractivity contribution in [2.24, 2.45) is 0 Å². The Labute approximate surface area is 174 Å². The van der Waals surface area contributed by atoms with Crippen molar-refractivity contribution in [3.05, 3.63) is 71.8 Å². The van der Waals surface area contributed by atoms with Gasteiger partial charge in [-0.2, -0.15) is 13.2 Å². The van der Waals surface area contributed by atoms with Crippen LogP contribution in [0.1, 0.15) is 48.8 Å². The average Bonchev–Trinajstić information content (AvgIpc) is 2.73. The molecular weight excluding hydrogens is 391 g/mol. The quantitative estimate of drug-likeness (QED) is 0.551. The molecule has 6 heteroatoms. The summed E-state index contributed by atoms with van der Waals surface area (Å²) in [5, 5.41) is 2.75. The van der Waals surface area contributed by atoms with E-state index in [0.29, 0.717) is 12.8 Å². The molecule has 1 aliphatic carbocycles. The number of benzene rings is 2. The van der Waals surface area contributed by atoms with E-state index in [1.54, 1.807) is 0 Å². The van der Waals surface area contributed by atoms with Crippen LogP contribution < -0.4 is 10.1 Å². The van der Waals surface area contributed by atoms with E-state index in [-0.39, 0.29) is 24.0 Å². The second kappa shape index (κ2) is 8.94. The number of carbonyl (C=O) groups is 1. The highest BCUT2D eigenvalue weighted by Gasteiger charge is 2.41. The maximum Gasteiger partial charge on any atom is 0.420 e. The van der Waals surface area contributed by atoms with E-state index in [1.807, 2.05) is 31.2 Å². The van der Waals surface area contributed by atoms with Gasteiger partial charge < -0.3 is 10.1 Å². The number of anilines is 1. The molecule has 1 saturated carbocycles. The lowest BCUT2D eigenvalue weighted by Crippen LogP contribution is -2.42. The van der Waals surface area contributed by atoms with Crippen LogP contribution in [0.2, 0.25) is 0 Å². The molecule has 1 N–H and O–H groups in total. The zero-order chi connectivity index (χ0) is 21.8. The fraction of sp³-hybridized carbons (Fsp3) is 0.375. The molecule has 3 nitrogen and oxygen atoms in total. The van der Waals surface area contributed by atoms with Gasteiger partial charge in [0.05, 0.1) is 11.0 Å². The predicted molar refractivity (Wildman–Crippen MR) is 112 cm³/mol. The second-order valence-corrected chi connectivity index (χ2v) is 7.77. The van der Waals surface area contributed by atoms with Crippen molar-refractivity contribution >= 4 is 11.6 Å². The van der Waals surface area contributed by atoms with E-state index in [4.69, 9.17) is 4.74 Å². The topological polar surface area (TPSA) is 38.3 Å². The van der Waals surface area contributed by atoms with Gasteiger partial charge in [-0.05, 0) is 43.5 Å². The summed E-state index contributed by atoms with van der Waals surface area (Å²) in [6.45, 7) is 5.40. The molecule has 1 fully saturated rings. The number of aryl methyl sites for hydroxylation is 1. The van der Waals surface area contributed by atoms with Gasteiger partial charge in [-0.15, -0.1) is 0 Å². The monoisotopic (exact) mass is 417 g/mol. The lowest BCUT2D eigenvalue weighted by atomic mass is 9.68. The predicted octanol–water partition coefficient (Wildman–Crippen LogP) is 6.42. The fourth-order valence-corrected chi connectivity index (χ4v) is 4.03. The van der Waals surface area contributed by atoms with Gasteiger partial charge in [0.15, 0.2) is 0 Å². The fourth-order valence-electron chi connectivity index (χ4n) is 4.03. The van der Waals surface area contributed by atoms with Crippen LogP contribution in [0.3, 0.4) is 0 Å². The summed E-state index contributed by atoms with van der Waals surface area (Å²) in [6.07, 6.45) is 0.991. The molecule has 30 heavy (non-hydrogen) atoms. The number of halogens is 3. The first-order valence-corrected chi connectivity index (χ1v) is 10.1. The van der Waals surface area contributed by atoms with Gasteiger partial charge in [-0.3, -0.25) is 4.79 Å². The minimum atomic E-state index is -4.60. The Bertz CT molecular complexity index is 898. The summed E-state index contributed by atoms with van der Waals surface area (Å²) in [5.41, 5.74) is 0.454. The second-order valence-electron chi connectivity index (χ2n) is 7.77. The molecular formula is C24H26F3NO2. The molecule has 0 aliphatic heterocycles. The van der Waals surface area contributed by atoms with Crippen molar-refractivity contribution in [3.63, 3.8) is 0 Å². The van der Waals surface area contributed by atoms with E-state index in [2.05, 4.69) is 11.9 Å². The smallest absolute Gasteiger partial charge is 0.420 e. The van der Waals surface area contributed by atoms with Gasteiger partial charge >= 0.3 is 6.18 Å². The first kappa shape index (κ1) is 21.9. The number of hydrogen-bond donors (Lipinski definition) is 1. The number of alkyl halides is 3. The number of carbonyl (C=O) groups excluding carboxylic acids is 1. The highest BCUT2D eigenvalue weighted by atomic mass is 19.4. The Morgan fingerprint density at radius 2 is 1.80 bits per heavy atom. The number of nitrogens with one attached hydrogen (secondary N) is 1. The maximum atomic E-state index is 13.5. The van der Waals surface area contributed by atoms with Gasteiger partial charge in [0.1, 0.15) is 12.4 Å². The molecule has 160 valence electrons. The van der Waals surface area contributed by atoms with Crippen molar-refractivity contribution in [3.8, 4) is 5.75 Å². The molecule has 0 bridgehead atoms. The summed E-state index contributed by atoms with van der Waals surface area (Å²) >= 11 is 0. The molecule has 0 heterocycles. The molecule has 1 amide bonds. The van der Waals surface area contributed by atoms with Crippen LogP contribution in [-0.2, 0) is 16.4 Å². The Balaban J connectivity index is 1.92. The maximum absolute atomic E-state index is 13.5. The van der Waals surface area contributed by atoms with Crippen LogP contribution in [0, 0.1) is 6.92 Å². The van der Waals surface area contributed by atoms with Crippen molar-refractivity contribution < 1.29 is 22.7 Å². The number of amides is 1. The van der Waals surface area contributed by atoms with Crippen LogP contribution in [0.25, 0.3) is 0 Å². The highest BCUT2D eigenvalue weighted by molar-refractivity contribution is 5.99.